The second-order valence-electron chi connectivity index (χ2n) is 6.78. The van der Waals surface area contributed by atoms with Crippen LogP contribution in [0.5, 0.6) is 0 Å². The Morgan fingerprint density at radius 1 is 1.35 bits per heavy atom. The minimum atomic E-state index is 0.0628. The molecule has 0 aliphatic carbocycles. The van der Waals surface area contributed by atoms with E-state index in [0.29, 0.717) is 25.5 Å². The van der Waals surface area contributed by atoms with Crippen molar-refractivity contribution in [2.75, 3.05) is 33.2 Å². The van der Waals surface area contributed by atoms with E-state index in [1.807, 2.05) is 19.1 Å². The first-order valence-corrected chi connectivity index (χ1v) is 9.65. The summed E-state index contributed by atoms with van der Waals surface area (Å²) in [5.74, 6) is 1.74. The summed E-state index contributed by atoms with van der Waals surface area (Å²) < 4.78 is 5.64. The Morgan fingerprint density at radius 3 is 2.73 bits per heavy atom. The molecule has 0 saturated carbocycles. The zero-order valence-electron chi connectivity index (χ0n) is 16.3. The van der Waals surface area contributed by atoms with Crippen LogP contribution in [0.2, 0.25) is 0 Å². The number of hydrogen-bond acceptors (Lipinski definition) is 4. The molecule has 1 amide bonds. The van der Waals surface area contributed by atoms with Crippen LogP contribution >= 0.6 is 0 Å². The standard InChI is InChI=1S/C19H33N5O2/c1-4-15(2)23-18(25)9-10-21-19(20-3)22-14-16(17-8-7-13-26-17)24-11-5-6-12-24/h7-8,13,15-16H,4-6,9-12,14H2,1-3H3,(H,23,25)(H2,20,21,22). The summed E-state index contributed by atoms with van der Waals surface area (Å²) in [6.07, 6.45) is 5.55. The van der Waals surface area contributed by atoms with Crippen LogP contribution in [0.1, 0.15) is 51.3 Å². The molecule has 1 aromatic heterocycles. The fourth-order valence-corrected chi connectivity index (χ4v) is 3.10. The molecule has 1 aliphatic rings. The Hall–Kier alpha value is -2.02. The van der Waals surface area contributed by atoms with Gasteiger partial charge in [0.15, 0.2) is 5.96 Å². The van der Waals surface area contributed by atoms with Gasteiger partial charge in [0.05, 0.1) is 12.3 Å². The number of guanidine groups is 1. The summed E-state index contributed by atoms with van der Waals surface area (Å²) in [5.41, 5.74) is 0. The Labute approximate surface area is 156 Å². The fraction of sp³-hybridized carbons (Fsp3) is 0.684. The summed E-state index contributed by atoms with van der Waals surface area (Å²) in [4.78, 5) is 18.5. The molecule has 2 heterocycles. The predicted molar refractivity (Wildman–Crippen MR) is 104 cm³/mol. The summed E-state index contributed by atoms with van der Waals surface area (Å²) >= 11 is 0. The highest BCUT2D eigenvalue weighted by molar-refractivity contribution is 5.81. The Kier molecular flexibility index (Phi) is 8.47. The monoisotopic (exact) mass is 363 g/mol. The van der Waals surface area contributed by atoms with Crippen molar-refractivity contribution in [2.24, 2.45) is 4.99 Å². The molecule has 3 N–H and O–H groups in total. The molecule has 7 heteroatoms. The number of likely N-dealkylation sites (tertiary alicyclic amines) is 1. The largest absolute Gasteiger partial charge is 0.468 e. The third-order valence-corrected chi connectivity index (χ3v) is 4.80. The molecule has 1 aromatic rings. The summed E-state index contributed by atoms with van der Waals surface area (Å²) in [7, 11) is 1.74. The maximum absolute atomic E-state index is 11.8. The SMILES string of the molecule is CCC(C)NC(=O)CCNC(=NC)NCC(c1ccco1)N1CCCC1. The van der Waals surface area contributed by atoms with Gasteiger partial charge in [-0.1, -0.05) is 6.92 Å². The Morgan fingerprint density at radius 2 is 2.12 bits per heavy atom. The Balaban J connectivity index is 1.78. The van der Waals surface area contributed by atoms with E-state index in [1.54, 1.807) is 13.3 Å². The fourth-order valence-electron chi connectivity index (χ4n) is 3.10. The van der Waals surface area contributed by atoms with Crippen LogP contribution in [0.15, 0.2) is 27.8 Å². The molecule has 0 radical (unpaired) electrons. The molecule has 1 saturated heterocycles. The van der Waals surface area contributed by atoms with Gasteiger partial charge in [-0.15, -0.1) is 0 Å². The van der Waals surface area contributed by atoms with Gasteiger partial charge in [0.2, 0.25) is 5.91 Å². The molecule has 1 aliphatic heterocycles. The molecule has 0 spiro atoms. The summed E-state index contributed by atoms with van der Waals surface area (Å²) in [6, 6.07) is 4.37. The van der Waals surface area contributed by atoms with Crippen LogP contribution in [0.25, 0.3) is 0 Å². The summed E-state index contributed by atoms with van der Waals surface area (Å²) in [5, 5.41) is 9.55. The van der Waals surface area contributed by atoms with Crippen molar-refractivity contribution < 1.29 is 9.21 Å². The Bertz CT molecular complexity index is 552. The lowest BCUT2D eigenvalue weighted by atomic mass is 10.2. The van der Waals surface area contributed by atoms with E-state index in [4.69, 9.17) is 4.42 Å². The molecule has 2 unspecified atom stereocenters. The van der Waals surface area contributed by atoms with Crippen molar-refractivity contribution in [2.45, 2.75) is 51.6 Å². The topological polar surface area (TPSA) is 81.9 Å². The molecular formula is C19H33N5O2. The zero-order chi connectivity index (χ0) is 18.8. The van der Waals surface area contributed by atoms with Gasteiger partial charge in [-0.05, 0) is 51.4 Å². The smallest absolute Gasteiger partial charge is 0.221 e. The van der Waals surface area contributed by atoms with E-state index in [2.05, 4.69) is 32.8 Å². The van der Waals surface area contributed by atoms with E-state index in [0.717, 1.165) is 25.3 Å². The lowest BCUT2D eigenvalue weighted by Gasteiger charge is -2.26. The van der Waals surface area contributed by atoms with Gasteiger partial charge in [-0.3, -0.25) is 14.7 Å². The van der Waals surface area contributed by atoms with Crippen molar-refractivity contribution in [1.29, 1.82) is 0 Å². The second-order valence-corrected chi connectivity index (χ2v) is 6.78. The van der Waals surface area contributed by atoms with Gasteiger partial charge in [-0.25, -0.2) is 0 Å². The van der Waals surface area contributed by atoms with Crippen molar-refractivity contribution in [1.82, 2.24) is 20.9 Å². The second kappa shape index (κ2) is 10.9. The van der Waals surface area contributed by atoms with Crippen molar-refractivity contribution in [3.05, 3.63) is 24.2 Å². The van der Waals surface area contributed by atoms with E-state index in [1.165, 1.54) is 12.8 Å². The highest BCUT2D eigenvalue weighted by atomic mass is 16.3. The van der Waals surface area contributed by atoms with E-state index in [-0.39, 0.29) is 18.0 Å². The number of aliphatic imine (C=N–C) groups is 1. The number of amides is 1. The van der Waals surface area contributed by atoms with Gasteiger partial charge in [-0.2, -0.15) is 0 Å². The van der Waals surface area contributed by atoms with Crippen LogP contribution in [0, 0.1) is 0 Å². The highest BCUT2D eigenvalue weighted by Gasteiger charge is 2.25. The molecular weight excluding hydrogens is 330 g/mol. The maximum Gasteiger partial charge on any atom is 0.221 e. The van der Waals surface area contributed by atoms with Crippen molar-refractivity contribution in [3.8, 4) is 0 Å². The molecule has 26 heavy (non-hydrogen) atoms. The third kappa shape index (κ3) is 6.37. The number of carbonyl (C=O) groups excluding carboxylic acids is 1. The third-order valence-electron chi connectivity index (χ3n) is 4.80. The lowest BCUT2D eigenvalue weighted by molar-refractivity contribution is -0.121. The first-order chi connectivity index (χ1) is 12.6. The van der Waals surface area contributed by atoms with Crippen molar-refractivity contribution in [3.63, 3.8) is 0 Å². The number of furan rings is 1. The van der Waals surface area contributed by atoms with Gasteiger partial charge >= 0.3 is 0 Å². The first kappa shape index (κ1) is 20.3. The normalized spacial score (nSPS) is 17.7. The van der Waals surface area contributed by atoms with Gasteiger partial charge < -0.3 is 20.4 Å². The van der Waals surface area contributed by atoms with Crippen LogP contribution in [-0.2, 0) is 4.79 Å². The summed E-state index contributed by atoms with van der Waals surface area (Å²) in [6.45, 7) is 7.52. The average Bonchev–Trinajstić information content (AvgIpc) is 3.34. The first-order valence-electron chi connectivity index (χ1n) is 9.65. The molecule has 2 atom stereocenters. The van der Waals surface area contributed by atoms with E-state index < -0.39 is 0 Å². The van der Waals surface area contributed by atoms with Crippen LogP contribution in [-0.4, -0.2) is 56.0 Å². The van der Waals surface area contributed by atoms with Crippen LogP contribution < -0.4 is 16.0 Å². The van der Waals surface area contributed by atoms with Gasteiger partial charge in [0, 0.05) is 32.6 Å². The number of nitrogens with one attached hydrogen (secondary N) is 3. The average molecular weight is 364 g/mol. The minimum Gasteiger partial charge on any atom is -0.468 e. The predicted octanol–water partition coefficient (Wildman–Crippen LogP) is 1.89. The molecule has 0 aromatic carbocycles. The van der Waals surface area contributed by atoms with E-state index in [9.17, 15) is 4.79 Å². The molecule has 1 fully saturated rings. The number of carbonyl (C=O) groups is 1. The maximum atomic E-state index is 11.8. The molecule has 146 valence electrons. The van der Waals surface area contributed by atoms with Crippen molar-refractivity contribution >= 4 is 11.9 Å². The quantitative estimate of drug-likeness (QED) is 0.461. The molecule has 0 bridgehead atoms. The van der Waals surface area contributed by atoms with Gasteiger partial charge in [0.1, 0.15) is 5.76 Å². The minimum absolute atomic E-state index is 0.0628. The van der Waals surface area contributed by atoms with Crippen LogP contribution in [0.4, 0.5) is 0 Å². The van der Waals surface area contributed by atoms with E-state index >= 15 is 0 Å². The molecule has 7 nitrogen and oxygen atoms in total. The molecule has 2 rings (SSSR count). The van der Waals surface area contributed by atoms with Gasteiger partial charge in [0.25, 0.3) is 0 Å². The number of nitrogens with zero attached hydrogens (tertiary/aromatic N) is 2. The van der Waals surface area contributed by atoms with Crippen LogP contribution in [0.3, 0.4) is 0 Å². The lowest BCUT2D eigenvalue weighted by Crippen LogP contribution is -2.43. The highest BCUT2D eigenvalue weighted by Crippen LogP contribution is 2.24. The number of rotatable bonds is 9. The number of hydrogen-bond donors (Lipinski definition) is 3. The zero-order valence-corrected chi connectivity index (χ0v) is 16.3.